The summed E-state index contributed by atoms with van der Waals surface area (Å²) in [4.78, 5) is 17.2. The molecule has 0 aliphatic carbocycles. The van der Waals surface area contributed by atoms with Crippen molar-refractivity contribution in [2.75, 3.05) is 38.3 Å². The van der Waals surface area contributed by atoms with E-state index in [0.717, 1.165) is 49.9 Å². The highest BCUT2D eigenvalue weighted by Gasteiger charge is 2.23. The molecule has 1 unspecified atom stereocenters. The van der Waals surface area contributed by atoms with Crippen LogP contribution in [0.2, 0.25) is 0 Å². The summed E-state index contributed by atoms with van der Waals surface area (Å²) in [6.07, 6.45) is 3.10. The normalized spacial score (nSPS) is 15.2. The number of methoxy groups -OCH3 is 1. The SMILES string of the molecule is COC(CF)CNCCCCc1ccc2c(n1)N(C(=O)O)CCC2. The molecule has 1 aliphatic rings. The van der Waals surface area contributed by atoms with Crippen molar-refractivity contribution in [3.05, 3.63) is 23.4 Å². The Labute approximate surface area is 142 Å². The van der Waals surface area contributed by atoms with Crippen LogP contribution in [0.15, 0.2) is 12.1 Å². The van der Waals surface area contributed by atoms with Crippen LogP contribution in [0.5, 0.6) is 0 Å². The molecule has 0 aromatic carbocycles. The van der Waals surface area contributed by atoms with Gasteiger partial charge in [0.25, 0.3) is 0 Å². The van der Waals surface area contributed by atoms with Gasteiger partial charge in [0.05, 0.1) is 6.10 Å². The average Bonchev–Trinajstić information content (AvgIpc) is 2.60. The predicted octanol–water partition coefficient (Wildman–Crippen LogP) is 2.41. The number of alkyl halides is 1. The molecule has 1 atom stereocenters. The van der Waals surface area contributed by atoms with Gasteiger partial charge in [-0.15, -0.1) is 0 Å². The lowest BCUT2D eigenvalue weighted by atomic mass is 10.0. The van der Waals surface area contributed by atoms with Gasteiger partial charge in [0.2, 0.25) is 0 Å². The van der Waals surface area contributed by atoms with E-state index in [0.29, 0.717) is 18.9 Å². The number of hydrogen-bond donors (Lipinski definition) is 2. The van der Waals surface area contributed by atoms with Crippen molar-refractivity contribution in [1.29, 1.82) is 0 Å². The Morgan fingerprint density at radius 1 is 1.50 bits per heavy atom. The highest BCUT2D eigenvalue weighted by Crippen LogP contribution is 2.25. The van der Waals surface area contributed by atoms with Crippen molar-refractivity contribution in [1.82, 2.24) is 10.3 Å². The molecule has 134 valence electrons. The van der Waals surface area contributed by atoms with Crippen LogP contribution in [0.25, 0.3) is 0 Å². The summed E-state index contributed by atoms with van der Waals surface area (Å²) in [6.45, 7) is 1.34. The number of pyridine rings is 1. The van der Waals surface area contributed by atoms with Gasteiger partial charge in [-0.2, -0.15) is 0 Å². The fourth-order valence-corrected chi connectivity index (χ4v) is 2.82. The summed E-state index contributed by atoms with van der Waals surface area (Å²) in [5.41, 5.74) is 1.92. The van der Waals surface area contributed by atoms with Crippen LogP contribution in [-0.2, 0) is 17.6 Å². The number of unbranched alkanes of at least 4 members (excludes halogenated alkanes) is 1. The van der Waals surface area contributed by atoms with Crippen LogP contribution in [0, 0.1) is 0 Å². The Hall–Kier alpha value is -1.73. The first kappa shape index (κ1) is 18.6. The Balaban J connectivity index is 1.78. The number of aryl methyl sites for hydroxylation is 2. The van der Waals surface area contributed by atoms with E-state index in [1.807, 2.05) is 12.1 Å². The Bertz CT molecular complexity index is 538. The van der Waals surface area contributed by atoms with E-state index >= 15 is 0 Å². The summed E-state index contributed by atoms with van der Waals surface area (Å²) < 4.78 is 17.4. The lowest BCUT2D eigenvalue weighted by Crippen LogP contribution is -2.35. The van der Waals surface area contributed by atoms with E-state index in [4.69, 9.17) is 4.74 Å². The van der Waals surface area contributed by atoms with Crippen LogP contribution >= 0.6 is 0 Å². The van der Waals surface area contributed by atoms with Crippen LogP contribution in [-0.4, -0.2) is 55.7 Å². The van der Waals surface area contributed by atoms with Gasteiger partial charge in [-0.05, 0) is 50.3 Å². The first-order valence-electron chi connectivity index (χ1n) is 8.44. The van der Waals surface area contributed by atoms with Crippen molar-refractivity contribution in [2.24, 2.45) is 0 Å². The van der Waals surface area contributed by atoms with Gasteiger partial charge >= 0.3 is 6.09 Å². The van der Waals surface area contributed by atoms with Crippen molar-refractivity contribution in [3.63, 3.8) is 0 Å². The maximum absolute atomic E-state index is 12.5. The van der Waals surface area contributed by atoms with Crippen LogP contribution in [0.3, 0.4) is 0 Å². The summed E-state index contributed by atoms with van der Waals surface area (Å²) in [5, 5.41) is 12.4. The molecule has 1 aromatic rings. The number of hydrogen-bond acceptors (Lipinski definition) is 4. The van der Waals surface area contributed by atoms with Gasteiger partial charge in [0.1, 0.15) is 12.5 Å². The van der Waals surface area contributed by atoms with Gasteiger partial charge < -0.3 is 15.2 Å². The Morgan fingerprint density at radius 2 is 2.33 bits per heavy atom. The molecule has 0 spiro atoms. The number of carboxylic acid groups (broad SMARTS) is 1. The second-order valence-electron chi connectivity index (χ2n) is 6.00. The molecule has 2 rings (SSSR count). The maximum atomic E-state index is 12.5. The van der Waals surface area contributed by atoms with Gasteiger partial charge in [-0.25, -0.2) is 14.2 Å². The number of nitrogens with one attached hydrogen (secondary N) is 1. The number of nitrogens with zero attached hydrogens (tertiary/aromatic N) is 2. The zero-order valence-corrected chi connectivity index (χ0v) is 14.1. The minimum Gasteiger partial charge on any atom is -0.465 e. The molecule has 0 fully saturated rings. The number of halogens is 1. The summed E-state index contributed by atoms with van der Waals surface area (Å²) in [7, 11) is 1.51. The number of aromatic nitrogens is 1. The quantitative estimate of drug-likeness (QED) is 0.676. The number of amides is 1. The summed E-state index contributed by atoms with van der Waals surface area (Å²) in [5.74, 6) is 0.593. The first-order chi connectivity index (χ1) is 11.7. The molecule has 1 amide bonds. The molecule has 7 heteroatoms. The lowest BCUT2D eigenvalue weighted by molar-refractivity contribution is 0.0791. The number of carbonyl (C=O) groups is 1. The summed E-state index contributed by atoms with van der Waals surface area (Å²) in [6, 6.07) is 3.98. The third-order valence-corrected chi connectivity index (χ3v) is 4.24. The molecule has 0 saturated carbocycles. The van der Waals surface area contributed by atoms with Crippen molar-refractivity contribution in [2.45, 2.75) is 38.2 Å². The third-order valence-electron chi connectivity index (χ3n) is 4.24. The molecule has 24 heavy (non-hydrogen) atoms. The molecule has 0 radical (unpaired) electrons. The molecule has 2 heterocycles. The minimum atomic E-state index is -0.939. The molecule has 6 nitrogen and oxygen atoms in total. The van der Waals surface area contributed by atoms with E-state index in [1.165, 1.54) is 12.0 Å². The van der Waals surface area contributed by atoms with E-state index < -0.39 is 12.8 Å². The fourth-order valence-electron chi connectivity index (χ4n) is 2.82. The number of rotatable bonds is 9. The number of anilines is 1. The zero-order chi connectivity index (χ0) is 17.4. The van der Waals surface area contributed by atoms with Gasteiger partial charge in [-0.3, -0.25) is 4.90 Å². The standard InChI is InChI=1S/C17H26FN3O3/c1-24-15(11-18)12-19-9-3-2-6-14-8-7-13-5-4-10-21(17(22)23)16(13)20-14/h7-8,15,19H,2-6,9-12H2,1H3,(H,22,23). The topological polar surface area (TPSA) is 74.7 Å². The molecular formula is C17H26FN3O3. The highest BCUT2D eigenvalue weighted by molar-refractivity contribution is 5.86. The largest absolute Gasteiger partial charge is 0.465 e. The van der Waals surface area contributed by atoms with Gasteiger partial charge in [0.15, 0.2) is 0 Å². The average molecular weight is 339 g/mol. The number of ether oxygens (including phenoxy) is 1. The molecule has 1 aliphatic heterocycles. The highest BCUT2D eigenvalue weighted by atomic mass is 19.1. The van der Waals surface area contributed by atoms with E-state index in [2.05, 4.69) is 10.3 Å². The molecule has 0 bridgehead atoms. The molecule has 1 aromatic heterocycles. The first-order valence-corrected chi connectivity index (χ1v) is 8.44. The van der Waals surface area contributed by atoms with Gasteiger partial charge in [0, 0.05) is 25.9 Å². The molecule has 0 saturated heterocycles. The second-order valence-corrected chi connectivity index (χ2v) is 6.00. The Morgan fingerprint density at radius 3 is 3.04 bits per heavy atom. The van der Waals surface area contributed by atoms with Crippen molar-refractivity contribution < 1.29 is 19.0 Å². The predicted molar refractivity (Wildman–Crippen MR) is 90.5 cm³/mol. The van der Waals surface area contributed by atoms with Crippen LogP contribution < -0.4 is 10.2 Å². The third kappa shape index (κ3) is 5.14. The number of fused-ring (bicyclic) bond motifs is 1. The second kappa shape index (κ2) is 9.54. The van der Waals surface area contributed by atoms with E-state index in [-0.39, 0.29) is 6.10 Å². The van der Waals surface area contributed by atoms with Crippen molar-refractivity contribution in [3.8, 4) is 0 Å². The van der Waals surface area contributed by atoms with Crippen molar-refractivity contribution >= 4 is 11.9 Å². The maximum Gasteiger partial charge on any atom is 0.413 e. The van der Waals surface area contributed by atoms with E-state index in [1.54, 1.807) is 0 Å². The molecule has 2 N–H and O–H groups in total. The Kier molecular flexibility index (Phi) is 7.39. The zero-order valence-electron chi connectivity index (χ0n) is 14.1. The van der Waals surface area contributed by atoms with E-state index in [9.17, 15) is 14.3 Å². The van der Waals surface area contributed by atoms with Gasteiger partial charge in [-0.1, -0.05) is 6.07 Å². The molecular weight excluding hydrogens is 313 g/mol. The van der Waals surface area contributed by atoms with Crippen LogP contribution in [0.1, 0.15) is 30.5 Å². The summed E-state index contributed by atoms with van der Waals surface area (Å²) >= 11 is 0. The minimum absolute atomic E-state index is 0.380. The lowest BCUT2D eigenvalue weighted by Gasteiger charge is -2.26. The smallest absolute Gasteiger partial charge is 0.413 e. The fraction of sp³-hybridized carbons (Fsp3) is 0.647. The monoisotopic (exact) mass is 339 g/mol. The van der Waals surface area contributed by atoms with Crippen LogP contribution in [0.4, 0.5) is 15.0 Å².